The molecular formula is C18H26N4O2S2. The van der Waals surface area contributed by atoms with E-state index >= 15 is 0 Å². The smallest absolute Gasteiger partial charge is 0.251 e. The molecule has 2 rings (SSSR count). The van der Waals surface area contributed by atoms with Gasteiger partial charge in [0, 0.05) is 12.1 Å². The van der Waals surface area contributed by atoms with Crippen molar-refractivity contribution >= 4 is 39.1 Å². The number of aliphatic imine (C=N–C) groups is 1. The Morgan fingerprint density at radius 2 is 2.08 bits per heavy atom. The number of amidine groups is 1. The first-order chi connectivity index (χ1) is 12.3. The lowest BCUT2D eigenvalue weighted by molar-refractivity contribution is 0.0952. The molecule has 0 spiro atoms. The number of amides is 1. The summed E-state index contributed by atoms with van der Waals surface area (Å²) in [6, 6.07) is 7.19. The Balaban J connectivity index is 2.29. The van der Waals surface area contributed by atoms with E-state index in [2.05, 4.69) is 27.9 Å². The van der Waals surface area contributed by atoms with Gasteiger partial charge in [0.05, 0.1) is 0 Å². The summed E-state index contributed by atoms with van der Waals surface area (Å²) in [5.74, 6) is -0.163. The molecule has 1 heterocycles. The molecule has 0 saturated carbocycles. The van der Waals surface area contributed by atoms with Gasteiger partial charge >= 0.3 is 0 Å². The van der Waals surface area contributed by atoms with Gasteiger partial charge in [0.2, 0.25) is 0 Å². The van der Waals surface area contributed by atoms with Gasteiger partial charge in [-0.25, -0.2) is 9.20 Å². The van der Waals surface area contributed by atoms with Crippen LogP contribution in [-0.2, 0) is 10.8 Å². The van der Waals surface area contributed by atoms with Crippen LogP contribution in [0, 0.1) is 0 Å². The van der Waals surface area contributed by atoms with Crippen molar-refractivity contribution in [1.29, 1.82) is 0 Å². The Hall–Kier alpha value is -1.64. The molecule has 2 unspecified atom stereocenters. The minimum Gasteiger partial charge on any atom is -0.352 e. The molecule has 0 saturated heterocycles. The Morgan fingerprint density at radius 3 is 2.65 bits per heavy atom. The number of nitrogens with one attached hydrogen (secondary N) is 3. The summed E-state index contributed by atoms with van der Waals surface area (Å²) in [7, 11) is 0.190. The van der Waals surface area contributed by atoms with E-state index in [1.54, 1.807) is 19.2 Å². The molecule has 1 aliphatic rings. The maximum absolute atomic E-state index is 13.1. The van der Waals surface area contributed by atoms with Crippen molar-refractivity contribution in [2.75, 3.05) is 13.6 Å². The zero-order valence-corrected chi connectivity index (χ0v) is 17.2. The molecule has 0 fully saturated rings. The molecule has 1 amide bonds. The molecule has 1 aliphatic heterocycles. The molecular weight excluding hydrogens is 368 g/mol. The first-order valence-electron chi connectivity index (χ1n) is 8.68. The van der Waals surface area contributed by atoms with Crippen LogP contribution < -0.4 is 16.0 Å². The molecule has 0 aromatic heterocycles. The number of carbonyl (C=O) groups is 1. The topological polar surface area (TPSA) is 82.6 Å². The fourth-order valence-corrected chi connectivity index (χ4v) is 4.18. The van der Waals surface area contributed by atoms with Crippen molar-refractivity contribution in [3.63, 3.8) is 0 Å². The second kappa shape index (κ2) is 8.83. The summed E-state index contributed by atoms with van der Waals surface area (Å²) in [6.45, 7) is 6.43. The van der Waals surface area contributed by atoms with Crippen molar-refractivity contribution in [1.82, 2.24) is 16.0 Å². The summed E-state index contributed by atoms with van der Waals surface area (Å²) in [5.41, 5.74) is 0.606. The number of benzene rings is 1. The van der Waals surface area contributed by atoms with Crippen LogP contribution in [-0.4, -0.2) is 39.4 Å². The van der Waals surface area contributed by atoms with Gasteiger partial charge in [-0.1, -0.05) is 43.8 Å². The molecule has 1 aromatic rings. The van der Waals surface area contributed by atoms with Crippen molar-refractivity contribution in [3.8, 4) is 0 Å². The van der Waals surface area contributed by atoms with Gasteiger partial charge in [0.25, 0.3) is 5.91 Å². The van der Waals surface area contributed by atoms with Gasteiger partial charge in [-0.2, -0.15) is 0 Å². The maximum atomic E-state index is 13.1. The molecule has 26 heavy (non-hydrogen) atoms. The fourth-order valence-electron chi connectivity index (χ4n) is 2.57. The van der Waals surface area contributed by atoms with E-state index in [1.807, 2.05) is 26.0 Å². The van der Waals surface area contributed by atoms with Crippen LogP contribution >= 0.6 is 12.2 Å². The zero-order chi connectivity index (χ0) is 19.3. The minimum absolute atomic E-state index is 0.163. The van der Waals surface area contributed by atoms with Gasteiger partial charge in [-0.15, -0.1) is 0 Å². The highest BCUT2D eigenvalue weighted by atomic mass is 32.2. The third-order valence-corrected chi connectivity index (χ3v) is 6.22. The van der Waals surface area contributed by atoms with Gasteiger partial charge in [-0.05, 0) is 38.9 Å². The number of rotatable bonds is 7. The summed E-state index contributed by atoms with van der Waals surface area (Å²) in [4.78, 5) is 17.6. The predicted octanol–water partition coefficient (Wildman–Crippen LogP) is 2.25. The Kier molecular flexibility index (Phi) is 7.02. The van der Waals surface area contributed by atoms with Crippen LogP contribution in [0.2, 0.25) is 0 Å². The molecule has 3 N–H and O–H groups in total. The van der Waals surface area contributed by atoms with Crippen molar-refractivity contribution in [3.05, 3.63) is 35.4 Å². The molecule has 2 atom stereocenters. The first kappa shape index (κ1) is 20.7. The third-order valence-electron chi connectivity index (χ3n) is 4.13. The van der Waals surface area contributed by atoms with Crippen molar-refractivity contribution in [2.24, 2.45) is 4.99 Å². The van der Waals surface area contributed by atoms with Crippen LogP contribution in [0.4, 0.5) is 0 Å². The van der Waals surface area contributed by atoms with Crippen molar-refractivity contribution in [2.45, 2.75) is 44.5 Å². The summed E-state index contributed by atoms with van der Waals surface area (Å²) >= 11 is 5.27. The average Bonchev–Trinajstić information content (AvgIpc) is 2.89. The number of unbranched alkanes of at least 4 members (excludes halogenated alkanes) is 1. The van der Waals surface area contributed by atoms with Gasteiger partial charge in [0.1, 0.15) is 26.7 Å². The Morgan fingerprint density at radius 1 is 1.38 bits per heavy atom. The number of thiocarbonyl (C=S) groups is 1. The van der Waals surface area contributed by atoms with Crippen LogP contribution in [0.3, 0.4) is 0 Å². The zero-order valence-electron chi connectivity index (χ0n) is 15.6. The molecule has 0 aliphatic carbocycles. The standard InChI is InChI=1S/C18H26N4O2S2/c1-5-6-11-20-14(23)12-9-7-8-10-13(12)15(19-4)26(24)17-21-16(25)18(2,3)22-17/h7-10,15,19H,5-6,11H2,1-4H3,(H,20,23)(H,21,22,25). The van der Waals surface area contributed by atoms with Crippen molar-refractivity contribution < 1.29 is 9.00 Å². The molecule has 6 nitrogen and oxygen atoms in total. The van der Waals surface area contributed by atoms with E-state index in [-0.39, 0.29) is 5.91 Å². The monoisotopic (exact) mass is 394 g/mol. The van der Waals surface area contributed by atoms with Gasteiger partial charge in [0.15, 0.2) is 5.17 Å². The van der Waals surface area contributed by atoms with Gasteiger partial charge in [-0.3, -0.25) is 4.79 Å². The number of carbonyl (C=O) groups excluding carboxylic acids is 1. The van der Waals surface area contributed by atoms with E-state index in [9.17, 15) is 9.00 Å². The fraction of sp³-hybridized carbons (Fsp3) is 0.500. The predicted molar refractivity (Wildman–Crippen MR) is 111 cm³/mol. The molecule has 142 valence electrons. The van der Waals surface area contributed by atoms with Crippen LogP contribution in [0.5, 0.6) is 0 Å². The second-order valence-corrected chi connectivity index (χ2v) is 8.45. The SMILES string of the molecule is CCCCNC(=O)c1ccccc1C(NC)S(=O)C1=NC(C)(C)C(=S)N1. The van der Waals surface area contributed by atoms with E-state index < -0.39 is 21.7 Å². The Bertz CT molecular complexity index is 746. The average molecular weight is 395 g/mol. The highest BCUT2D eigenvalue weighted by Gasteiger charge is 2.36. The van der Waals surface area contributed by atoms with Gasteiger partial charge < -0.3 is 16.0 Å². The van der Waals surface area contributed by atoms with E-state index in [0.717, 1.165) is 12.8 Å². The van der Waals surface area contributed by atoms with Crippen LogP contribution in [0.25, 0.3) is 0 Å². The quantitative estimate of drug-likeness (QED) is 0.488. The summed E-state index contributed by atoms with van der Waals surface area (Å²) in [5, 5.41) is 8.69. The molecule has 0 radical (unpaired) electrons. The lowest BCUT2D eigenvalue weighted by atomic mass is 10.1. The molecule has 8 heteroatoms. The number of nitrogens with zero attached hydrogens (tertiary/aromatic N) is 1. The van der Waals surface area contributed by atoms with E-state index in [1.165, 1.54) is 0 Å². The second-order valence-electron chi connectivity index (χ2n) is 6.59. The lowest BCUT2D eigenvalue weighted by Gasteiger charge is -2.19. The van der Waals surface area contributed by atoms with Crippen LogP contribution in [0.1, 0.15) is 54.9 Å². The first-order valence-corrected chi connectivity index (χ1v) is 10.3. The van der Waals surface area contributed by atoms with E-state index in [0.29, 0.717) is 27.8 Å². The molecule has 0 bridgehead atoms. The summed E-state index contributed by atoms with van der Waals surface area (Å²) in [6.07, 6.45) is 1.93. The summed E-state index contributed by atoms with van der Waals surface area (Å²) < 4.78 is 13.1. The highest BCUT2D eigenvalue weighted by Crippen LogP contribution is 2.25. The minimum atomic E-state index is -1.53. The maximum Gasteiger partial charge on any atom is 0.251 e. The molecule has 1 aromatic carbocycles. The number of hydrogen-bond donors (Lipinski definition) is 3. The third kappa shape index (κ3) is 4.55. The Labute approximate surface area is 162 Å². The van der Waals surface area contributed by atoms with E-state index in [4.69, 9.17) is 12.2 Å². The normalized spacial score (nSPS) is 18.0. The highest BCUT2D eigenvalue weighted by molar-refractivity contribution is 8.01. The largest absolute Gasteiger partial charge is 0.352 e. The van der Waals surface area contributed by atoms with Crippen LogP contribution in [0.15, 0.2) is 29.3 Å². The number of hydrogen-bond acceptors (Lipinski definition) is 5. The lowest BCUT2D eigenvalue weighted by Crippen LogP contribution is -2.37.